The van der Waals surface area contributed by atoms with Crippen LogP contribution in [0.1, 0.15) is 42.5 Å². The molecule has 3 rings (SSSR count). The summed E-state index contributed by atoms with van der Waals surface area (Å²) >= 11 is 3.70. The second-order valence-corrected chi connectivity index (χ2v) is 8.71. The Hall–Kier alpha value is -2.30. The predicted octanol–water partition coefficient (Wildman–Crippen LogP) is 6.85. The molecular weight excluding hydrogens is 450 g/mol. The lowest BCUT2D eigenvalue weighted by atomic mass is 10.1. The van der Waals surface area contributed by atoms with Crippen LogP contribution >= 0.6 is 15.9 Å². The molecule has 0 saturated carbocycles. The van der Waals surface area contributed by atoms with E-state index in [4.69, 9.17) is 9.47 Å². The lowest BCUT2D eigenvalue weighted by Crippen LogP contribution is -2.26. The molecule has 4 heteroatoms. The van der Waals surface area contributed by atoms with Crippen molar-refractivity contribution in [1.29, 1.82) is 0 Å². The molecule has 0 aliphatic heterocycles. The summed E-state index contributed by atoms with van der Waals surface area (Å²) in [5.41, 5.74) is 4.95. The molecule has 0 unspecified atom stereocenters. The lowest BCUT2D eigenvalue weighted by molar-refractivity contribution is 0.267. The second kappa shape index (κ2) is 11.9. The first-order chi connectivity index (χ1) is 15.1. The third kappa shape index (κ3) is 7.12. The summed E-state index contributed by atoms with van der Waals surface area (Å²) in [5.74, 6) is 1.53. The summed E-state index contributed by atoms with van der Waals surface area (Å²) in [6, 6.07) is 23.5. The van der Waals surface area contributed by atoms with E-state index in [0.29, 0.717) is 19.3 Å². The molecule has 31 heavy (non-hydrogen) atoms. The van der Waals surface area contributed by atoms with E-state index >= 15 is 0 Å². The first kappa shape index (κ1) is 23.4. The van der Waals surface area contributed by atoms with E-state index in [-0.39, 0.29) is 0 Å². The van der Waals surface area contributed by atoms with Crippen LogP contribution in [0.15, 0.2) is 71.2 Å². The molecule has 0 amide bonds. The molecule has 0 aromatic heterocycles. The monoisotopic (exact) mass is 481 g/mol. The summed E-state index contributed by atoms with van der Waals surface area (Å²) in [5, 5.41) is 3.63. The summed E-state index contributed by atoms with van der Waals surface area (Å²) in [7, 11) is 0. The van der Waals surface area contributed by atoms with Gasteiger partial charge in [-0.25, -0.2) is 0 Å². The van der Waals surface area contributed by atoms with E-state index in [2.05, 4.69) is 89.7 Å². The zero-order valence-corrected chi connectivity index (χ0v) is 20.2. The fourth-order valence-corrected chi connectivity index (χ4v) is 4.07. The van der Waals surface area contributed by atoms with Crippen molar-refractivity contribution < 1.29 is 9.47 Å². The minimum atomic E-state index is 0.423. The van der Waals surface area contributed by atoms with Crippen LogP contribution in [0.2, 0.25) is 0 Å². The van der Waals surface area contributed by atoms with Gasteiger partial charge in [0.2, 0.25) is 0 Å². The van der Waals surface area contributed by atoms with Crippen LogP contribution in [0.5, 0.6) is 11.5 Å². The van der Waals surface area contributed by atoms with Gasteiger partial charge in [-0.05, 0) is 83.9 Å². The van der Waals surface area contributed by atoms with Crippen LogP contribution in [0.4, 0.5) is 0 Å². The summed E-state index contributed by atoms with van der Waals surface area (Å²) in [6.45, 7) is 8.23. The number of hydrogen-bond acceptors (Lipinski definition) is 3. The van der Waals surface area contributed by atoms with Crippen LogP contribution in [-0.4, -0.2) is 12.6 Å². The van der Waals surface area contributed by atoms with E-state index in [9.17, 15) is 0 Å². The van der Waals surface area contributed by atoms with Gasteiger partial charge in [0.15, 0.2) is 11.5 Å². The van der Waals surface area contributed by atoms with Gasteiger partial charge in [-0.3, -0.25) is 0 Å². The zero-order valence-electron chi connectivity index (χ0n) is 18.7. The molecule has 3 nitrogen and oxygen atoms in total. The van der Waals surface area contributed by atoms with Gasteiger partial charge in [-0.15, -0.1) is 0 Å². The van der Waals surface area contributed by atoms with Gasteiger partial charge in [0.25, 0.3) is 0 Å². The summed E-state index contributed by atoms with van der Waals surface area (Å²) in [4.78, 5) is 0. The van der Waals surface area contributed by atoms with Crippen LogP contribution in [-0.2, 0) is 19.6 Å². The predicted molar refractivity (Wildman–Crippen MR) is 132 cm³/mol. The topological polar surface area (TPSA) is 30.5 Å². The Labute approximate surface area is 194 Å². The van der Waals surface area contributed by atoms with Gasteiger partial charge < -0.3 is 14.8 Å². The average Bonchev–Trinajstić information content (AvgIpc) is 2.77. The number of halogens is 1. The average molecular weight is 482 g/mol. The summed E-state index contributed by atoms with van der Waals surface area (Å²) in [6.07, 6.45) is 2.18. The quantitative estimate of drug-likeness (QED) is 0.324. The van der Waals surface area contributed by atoms with Crippen molar-refractivity contribution >= 4 is 15.9 Å². The molecule has 3 aromatic carbocycles. The number of ether oxygens (including phenoxy) is 2. The van der Waals surface area contributed by atoms with Gasteiger partial charge >= 0.3 is 0 Å². The van der Waals surface area contributed by atoms with Crippen molar-refractivity contribution in [3.8, 4) is 11.5 Å². The molecule has 0 bridgehead atoms. The maximum absolute atomic E-state index is 6.16. The number of rotatable bonds is 11. The third-order valence-corrected chi connectivity index (χ3v) is 5.95. The molecule has 0 aliphatic carbocycles. The van der Waals surface area contributed by atoms with Crippen LogP contribution in [0, 0.1) is 6.92 Å². The van der Waals surface area contributed by atoms with Gasteiger partial charge in [0, 0.05) is 12.6 Å². The minimum Gasteiger partial charge on any atom is -0.490 e. The zero-order chi connectivity index (χ0) is 22.1. The van der Waals surface area contributed by atoms with Gasteiger partial charge in [-0.2, -0.15) is 0 Å². The molecule has 0 fully saturated rings. The van der Waals surface area contributed by atoms with Gasteiger partial charge in [-0.1, -0.05) is 54.6 Å². The Balaban J connectivity index is 1.61. The lowest BCUT2D eigenvalue weighted by Gasteiger charge is -2.18. The maximum Gasteiger partial charge on any atom is 0.175 e. The SMILES string of the molecule is CCOc1cc(CN[C@@H](C)CCc2ccccc2)cc(Br)c1OCc1ccccc1C. The molecule has 0 spiro atoms. The van der Waals surface area contributed by atoms with Crippen LogP contribution < -0.4 is 14.8 Å². The Morgan fingerprint density at radius 2 is 1.68 bits per heavy atom. The maximum atomic E-state index is 6.16. The van der Waals surface area contributed by atoms with E-state index < -0.39 is 0 Å². The van der Waals surface area contributed by atoms with Crippen molar-refractivity contribution in [3.63, 3.8) is 0 Å². The number of nitrogens with one attached hydrogen (secondary N) is 1. The summed E-state index contributed by atoms with van der Waals surface area (Å²) < 4.78 is 13.0. The molecule has 1 atom stereocenters. The van der Waals surface area contributed by atoms with Crippen molar-refractivity contribution in [2.75, 3.05) is 6.61 Å². The molecule has 0 radical (unpaired) electrons. The highest BCUT2D eigenvalue weighted by molar-refractivity contribution is 9.10. The minimum absolute atomic E-state index is 0.423. The van der Waals surface area contributed by atoms with Crippen molar-refractivity contribution in [1.82, 2.24) is 5.32 Å². The first-order valence-corrected chi connectivity index (χ1v) is 11.8. The van der Waals surface area contributed by atoms with Gasteiger partial charge in [0.1, 0.15) is 6.61 Å². The Morgan fingerprint density at radius 1 is 0.935 bits per heavy atom. The van der Waals surface area contributed by atoms with Gasteiger partial charge in [0.05, 0.1) is 11.1 Å². The molecule has 3 aromatic rings. The second-order valence-electron chi connectivity index (χ2n) is 7.86. The van der Waals surface area contributed by atoms with E-state index in [0.717, 1.165) is 35.4 Å². The van der Waals surface area contributed by atoms with E-state index in [1.165, 1.54) is 22.3 Å². The first-order valence-electron chi connectivity index (χ1n) is 11.0. The van der Waals surface area contributed by atoms with E-state index in [1.54, 1.807) is 0 Å². The fourth-order valence-electron chi connectivity index (χ4n) is 3.47. The largest absolute Gasteiger partial charge is 0.490 e. The van der Waals surface area contributed by atoms with E-state index in [1.807, 2.05) is 19.1 Å². The standard InChI is InChI=1S/C27H32BrNO2/c1-4-30-26-17-23(18-29-21(3)14-15-22-11-6-5-7-12-22)16-25(28)27(26)31-19-24-13-9-8-10-20(24)2/h5-13,16-17,21,29H,4,14-15,18-19H2,1-3H3/t21-/m0/s1. The highest BCUT2D eigenvalue weighted by Crippen LogP contribution is 2.37. The molecule has 164 valence electrons. The highest BCUT2D eigenvalue weighted by Gasteiger charge is 2.14. The highest BCUT2D eigenvalue weighted by atomic mass is 79.9. The molecule has 0 heterocycles. The Bertz CT molecular complexity index is 959. The Kier molecular flexibility index (Phi) is 8.98. The fraction of sp³-hybridized carbons (Fsp3) is 0.333. The molecule has 1 N–H and O–H groups in total. The number of hydrogen-bond donors (Lipinski definition) is 1. The number of benzene rings is 3. The van der Waals surface area contributed by atoms with Crippen molar-refractivity contribution in [2.45, 2.75) is 52.8 Å². The molecular formula is C27H32BrNO2. The Morgan fingerprint density at radius 3 is 2.42 bits per heavy atom. The third-order valence-electron chi connectivity index (χ3n) is 5.37. The number of aryl methyl sites for hydroxylation is 2. The van der Waals surface area contributed by atoms with Crippen molar-refractivity contribution in [2.24, 2.45) is 0 Å². The molecule has 0 aliphatic rings. The van der Waals surface area contributed by atoms with Crippen LogP contribution in [0.3, 0.4) is 0 Å². The molecule has 0 saturated heterocycles. The van der Waals surface area contributed by atoms with Crippen LogP contribution in [0.25, 0.3) is 0 Å². The smallest absolute Gasteiger partial charge is 0.175 e. The van der Waals surface area contributed by atoms with Crippen molar-refractivity contribution in [3.05, 3.63) is 93.5 Å². The normalized spacial score (nSPS) is 11.9.